The van der Waals surface area contributed by atoms with Gasteiger partial charge in [-0.3, -0.25) is 9.78 Å². The average Bonchev–Trinajstić information content (AvgIpc) is 3.33. The van der Waals surface area contributed by atoms with Gasteiger partial charge >= 0.3 is 0 Å². The maximum Gasteiger partial charge on any atom is 0.256 e. The molecule has 1 N–H and O–H groups in total. The Kier molecular flexibility index (Phi) is 5.11. The van der Waals surface area contributed by atoms with Crippen molar-refractivity contribution in [2.45, 2.75) is 25.8 Å². The van der Waals surface area contributed by atoms with E-state index < -0.39 is 0 Å². The first-order valence-corrected chi connectivity index (χ1v) is 11.5. The van der Waals surface area contributed by atoms with E-state index in [1.807, 2.05) is 72.9 Å². The van der Waals surface area contributed by atoms with Gasteiger partial charge in [-0.15, -0.1) is 0 Å². The molecule has 3 aromatic heterocycles. The highest BCUT2D eigenvalue weighted by Gasteiger charge is 2.17. The molecule has 0 saturated carbocycles. The molecule has 0 unspecified atom stereocenters. The van der Waals surface area contributed by atoms with Gasteiger partial charge in [-0.05, 0) is 67.8 Å². The SMILES string of the molecule is O=C(Nc1ccc(-c2ncc3n2CCCC3)cc1)c1cc(-c2ccncc2)nc2ccccc12. The van der Waals surface area contributed by atoms with Gasteiger partial charge in [0.05, 0.1) is 16.8 Å². The van der Waals surface area contributed by atoms with E-state index >= 15 is 0 Å². The second-order valence-electron chi connectivity index (χ2n) is 8.52. The maximum atomic E-state index is 13.3. The van der Waals surface area contributed by atoms with E-state index in [2.05, 4.69) is 19.9 Å². The van der Waals surface area contributed by atoms with Crippen molar-refractivity contribution in [3.05, 3.63) is 96.6 Å². The first kappa shape index (κ1) is 20.3. The Hall–Kier alpha value is -4.32. The third kappa shape index (κ3) is 3.73. The van der Waals surface area contributed by atoms with Gasteiger partial charge in [0.1, 0.15) is 5.82 Å². The Balaban J connectivity index is 1.30. The second-order valence-corrected chi connectivity index (χ2v) is 8.52. The summed E-state index contributed by atoms with van der Waals surface area (Å²) in [6.45, 7) is 1.01. The molecule has 4 heterocycles. The van der Waals surface area contributed by atoms with Crippen LogP contribution in [0.1, 0.15) is 28.9 Å². The molecule has 1 aliphatic rings. The summed E-state index contributed by atoms with van der Waals surface area (Å²) >= 11 is 0. The number of pyridine rings is 2. The maximum absolute atomic E-state index is 13.3. The van der Waals surface area contributed by atoms with Crippen LogP contribution in [0.15, 0.2) is 85.3 Å². The number of benzene rings is 2. The van der Waals surface area contributed by atoms with Crippen LogP contribution in [0.5, 0.6) is 0 Å². The number of nitrogens with one attached hydrogen (secondary N) is 1. The minimum absolute atomic E-state index is 0.167. The van der Waals surface area contributed by atoms with Gasteiger partial charge < -0.3 is 9.88 Å². The van der Waals surface area contributed by atoms with Crippen LogP contribution in [0.2, 0.25) is 0 Å². The standard InChI is InChI=1S/C28H23N5O/c34-28(24-17-26(19-12-14-29-15-13-19)32-25-7-2-1-6-23(24)25)31-21-10-8-20(9-11-21)27-30-18-22-5-3-4-16-33(22)27/h1-2,6-15,17-18H,3-5,16H2,(H,31,34). The van der Waals surface area contributed by atoms with Crippen LogP contribution in [0.3, 0.4) is 0 Å². The number of imidazole rings is 1. The second kappa shape index (κ2) is 8.56. The fourth-order valence-electron chi connectivity index (χ4n) is 4.60. The zero-order valence-electron chi connectivity index (χ0n) is 18.6. The minimum Gasteiger partial charge on any atom is -0.328 e. The van der Waals surface area contributed by atoms with Crippen LogP contribution in [-0.4, -0.2) is 25.4 Å². The molecule has 6 heteroatoms. The van der Waals surface area contributed by atoms with Gasteiger partial charge in [-0.1, -0.05) is 18.2 Å². The summed E-state index contributed by atoms with van der Waals surface area (Å²) in [6, 6.07) is 21.3. The summed E-state index contributed by atoms with van der Waals surface area (Å²) in [6.07, 6.45) is 8.94. The van der Waals surface area contributed by atoms with Crippen LogP contribution >= 0.6 is 0 Å². The number of nitrogens with zero attached hydrogens (tertiary/aromatic N) is 4. The van der Waals surface area contributed by atoms with Crippen molar-refractivity contribution in [2.75, 3.05) is 5.32 Å². The molecule has 0 saturated heterocycles. The van der Waals surface area contributed by atoms with Crippen molar-refractivity contribution in [3.63, 3.8) is 0 Å². The van der Waals surface area contributed by atoms with E-state index in [9.17, 15) is 4.79 Å². The van der Waals surface area contributed by atoms with Crippen LogP contribution in [0, 0.1) is 0 Å². The first-order valence-electron chi connectivity index (χ1n) is 11.5. The van der Waals surface area contributed by atoms with Crippen LogP contribution < -0.4 is 5.32 Å². The lowest BCUT2D eigenvalue weighted by Crippen LogP contribution is -2.13. The highest BCUT2D eigenvalue weighted by molar-refractivity contribution is 6.13. The lowest BCUT2D eigenvalue weighted by atomic mass is 10.0. The van der Waals surface area contributed by atoms with Crippen LogP contribution in [0.25, 0.3) is 33.5 Å². The van der Waals surface area contributed by atoms with E-state index in [0.717, 1.165) is 52.2 Å². The van der Waals surface area contributed by atoms with Crippen LogP contribution in [0.4, 0.5) is 5.69 Å². The molecule has 166 valence electrons. The average molecular weight is 446 g/mol. The Morgan fingerprint density at radius 2 is 1.74 bits per heavy atom. The largest absolute Gasteiger partial charge is 0.328 e. The van der Waals surface area contributed by atoms with E-state index in [-0.39, 0.29) is 5.91 Å². The van der Waals surface area contributed by atoms with Crippen molar-refractivity contribution in [1.82, 2.24) is 19.5 Å². The molecular weight excluding hydrogens is 422 g/mol. The predicted molar refractivity (Wildman–Crippen MR) is 134 cm³/mol. The first-order chi connectivity index (χ1) is 16.8. The number of hydrogen-bond acceptors (Lipinski definition) is 4. The van der Waals surface area contributed by atoms with Crippen molar-refractivity contribution in [2.24, 2.45) is 0 Å². The molecule has 0 atom stereocenters. The molecule has 6 nitrogen and oxygen atoms in total. The Morgan fingerprint density at radius 3 is 2.59 bits per heavy atom. The zero-order chi connectivity index (χ0) is 22.9. The van der Waals surface area contributed by atoms with Gasteiger partial charge in [0.2, 0.25) is 0 Å². The number of carbonyl (C=O) groups excluding carboxylic acids is 1. The van der Waals surface area contributed by atoms with Gasteiger partial charge in [-0.25, -0.2) is 9.97 Å². The lowest BCUT2D eigenvalue weighted by Gasteiger charge is -2.16. The minimum atomic E-state index is -0.167. The van der Waals surface area contributed by atoms with Gasteiger partial charge in [-0.2, -0.15) is 0 Å². The van der Waals surface area contributed by atoms with Gasteiger partial charge in [0.25, 0.3) is 5.91 Å². The van der Waals surface area contributed by atoms with E-state index in [1.165, 1.54) is 18.5 Å². The van der Waals surface area contributed by atoms with Crippen molar-refractivity contribution in [1.29, 1.82) is 0 Å². The zero-order valence-corrected chi connectivity index (χ0v) is 18.6. The highest BCUT2D eigenvalue weighted by Crippen LogP contribution is 2.27. The van der Waals surface area contributed by atoms with Gasteiger partial charge in [0.15, 0.2) is 0 Å². The fraction of sp³-hybridized carbons (Fsp3) is 0.143. The summed E-state index contributed by atoms with van der Waals surface area (Å²) in [5.41, 5.74) is 6.12. The van der Waals surface area contributed by atoms with Gasteiger partial charge in [0, 0.05) is 53.0 Å². The molecule has 0 radical (unpaired) electrons. The molecule has 0 fully saturated rings. The normalized spacial score (nSPS) is 12.9. The molecule has 6 rings (SSSR count). The molecule has 34 heavy (non-hydrogen) atoms. The summed E-state index contributed by atoms with van der Waals surface area (Å²) in [7, 11) is 0. The topological polar surface area (TPSA) is 72.7 Å². The summed E-state index contributed by atoms with van der Waals surface area (Å²) in [4.78, 5) is 26.8. The smallest absolute Gasteiger partial charge is 0.256 e. The van der Waals surface area contributed by atoms with E-state index in [4.69, 9.17) is 4.98 Å². The molecule has 0 spiro atoms. The molecule has 0 aliphatic carbocycles. The molecule has 1 amide bonds. The Morgan fingerprint density at radius 1 is 0.912 bits per heavy atom. The van der Waals surface area contributed by atoms with E-state index in [1.54, 1.807) is 12.4 Å². The lowest BCUT2D eigenvalue weighted by molar-refractivity contribution is 0.102. The summed E-state index contributed by atoms with van der Waals surface area (Å²) in [5, 5.41) is 3.88. The van der Waals surface area contributed by atoms with Crippen LogP contribution in [-0.2, 0) is 13.0 Å². The molecule has 0 bridgehead atoms. The highest BCUT2D eigenvalue weighted by atomic mass is 16.1. The third-order valence-corrected chi connectivity index (χ3v) is 6.34. The Labute approximate surface area is 197 Å². The Bertz CT molecular complexity index is 1490. The predicted octanol–water partition coefficient (Wildman–Crippen LogP) is 5.75. The molecule has 1 aliphatic heterocycles. The van der Waals surface area contributed by atoms with Crippen molar-refractivity contribution in [3.8, 4) is 22.6 Å². The number of amides is 1. The number of aryl methyl sites for hydroxylation is 1. The summed E-state index contributed by atoms with van der Waals surface area (Å²) in [5.74, 6) is 0.828. The number of anilines is 1. The molecular formula is C28H23N5O. The monoisotopic (exact) mass is 445 g/mol. The number of aromatic nitrogens is 4. The van der Waals surface area contributed by atoms with Crippen molar-refractivity contribution < 1.29 is 4.79 Å². The van der Waals surface area contributed by atoms with E-state index in [0.29, 0.717) is 5.56 Å². The van der Waals surface area contributed by atoms with Crippen molar-refractivity contribution >= 4 is 22.5 Å². The third-order valence-electron chi connectivity index (χ3n) is 6.34. The fourth-order valence-corrected chi connectivity index (χ4v) is 4.60. The number of rotatable bonds is 4. The number of para-hydroxylation sites is 1. The number of fused-ring (bicyclic) bond motifs is 2. The molecule has 2 aromatic carbocycles. The number of carbonyl (C=O) groups is 1. The molecule has 5 aromatic rings. The number of hydrogen-bond donors (Lipinski definition) is 1. The summed E-state index contributed by atoms with van der Waals surface area (Å²) < 4.78 is 2.31. The quantitative estimate of drug-likeness (QED) is 0.382.